The van der Waals surface area contributed by atoms with Crippen LogP contribution in [0.5, 0.6) is 5.75 Å². The molecule has 0 heterocycles. The van der Waals surface area contributed by atoms with E-state index >= 15 is 0 Å². The first-order valence-corrected chi connectivity index (χ1v) is 6.66. The van der Waals surface area contributed by atoms with Crippen LogP contribution in [0.3, 0.4) is 0 Å². The zero-order valence-electron chi connectivity index (χ0n) is 10.4. The van der Waals surface area contributed by atoms with Crippen LogP contribution in [0.1, 0.15) is 36.2 Å². The van der Waals surface area contributed by atoms with Crippen LogP contribution in [-0.2, 0) is 0 Å². The molecular formula is C13H18BrNO2. The minimum absolute atomic E-state index is 0.0164. The highest BCUT2D eigenvalue weighted by molar-refractivity contribution is 9.09. The predicted octanol–water partition coefficient (Wildman–Crippen LogP) is 2.99. The Labute approximate surface area is 110 Å². The Kier molecular flexibility index (Phi) is 4.57. The third-order valence-electron chi connectivity index (χ3n) is 2.57. The summed E-state index contributed by atoms with van der Waals surface area (Å²) >= 11 is 3.36. The fraction of sp³-hybridized carbons (Fsp3) is 0.462. The fourth-order valence-electron chi connectivity index (χ4n) is 1.51. The first-order valence-electron chi connectivity index (χ1n) is 5.54. The molecule has 0 fully saturated rings. The molecule has 0 bridgehead atoms. The number of hydrogen-bond donors (Lipinski definition) is 2. The molecule has 1 rings (SSSR count). The molecule has 0 aliphatic rings. The van der Waals surface area contributed by atoms with Crippen LogP contribution >= 0.6 is 15.9 Å². The molecule has 0 saturated carbocycles. The van der Waals surface area contributed by atoms with Crippen molar-refractivity contribution in [2.45, 2.75) is 32.7 Å². The molecular weight excluding hydrogens is 282 g/mol. The summed E-state index contributed by atoms with van der Waals surface area (Å²) in [7, 11) is 0. The average Bonchev–Trinajstić information content (AvgIpc) is 2.20. The summed E-state index contributed by atoms with van der Waals surface area (Å²) in [5.41, 5.74) is 0.982. The van der Waals surface area contributed by atoms with Crippen LogP contribution in [0, 0.1) is 6.92 Å². The highest BCUT2D eigenvalue weighted by atomic mass is 79.9. The van der Waals surface area contributed by atoms with Gasteiger partial charge in [-0.25, -0.2) is 0 Å². The van der Waals surface area contributed by atoms with E-state index in [1.54, 1.807) is 18.2 Å². The van der Waals surface area contributed by atoms with Crippen molar-refractivity contribution in [3.8, 4) is 5.75 Å². The number of nitrogens with one attached hydrogen (secondary N) is 1. The molecule has 4 heteroatoms. The van der Waals surface area contributed by atoms with Gasteiger partial charge in [0.2, 0.25) is 0 Å². The maximum Gasteiger partial charge on any atom is 0.255 e. The standard InChI is InChI=1S/C13H18BrNO2/c1-9-4-5-11(16)10(8-9)12(17)15-13(2,3)6-7-14/h4-5,8,16H,6-7H2,1-3H3,(H,15,17). The van der Waals surface area contributed by atoms with E-state index in [1.807, 2.05) is 20.8 Å². The first kappa shape index (κ1) is 14.0. The molecule has 0 radical (unpaired) electrons. The number of rotatable bonds is 4. The van der Waals surface area contributed by atoms with Crippen LogP contribution in [0.2, 0.25) is 0 Å². The number of halogens is 1. The van der Waals surface area contributed by atoms with Gasteiger partial charge in [-0.15, -0.1) is 0 Å². The molecule has 0 aliphatic carbocycles. The lowest BCUT2D eigenvalue weighted by Crippen LogP contribution is -2.43. The van der Waals surface area contributed by atoms with Gasteiger partial charge in [0.1, 0.15) is 5.75 Å². The minimum Gasteiger partial charge on any atom is -0.507 e. The monoisotopic (exact) mass is 299 g/mol. The second kappa shape index (κ2) is 5.54. The molecule has 1 aromatic rings. The number of alkyl halides is 1. The number of amides is 1. The average molecular weight is 300 g/mol. The van der Waals surface area contributed by atoms with Gasteiger partial charge in [0.15, 0.2) is 0 Å². The summed E-state index contributed by atoms with van der Waals surface area (Å²) in [6, 6.07) is 5.01. The van der Waals surface area contributed by atoms with Gasteiger partial charge in [0.05, 0.1) is 5.56 Å². The first-order chi connectivity index (χ1) is 7.85. The van der Waals surface area contributed by atoms with Gasteiger partial charge in [0, 0.05) is 10.9 Å². The number of benzene rings is 1. The van der Waals surface area contributed by atoms with Gasteiger partial charge in [-0.05, 0) is 39.3 Å². The Balaban J connectivity index is 2.86. The van der Waals surface area contributed by atoms with Crippen LogP contribution in [0.15, 0.2) is 18.2 Å². The van der Waals surface area contributed by atoms with Crippen LogP contribution < -0.4 is 5.32 Å². The van der Waals surface area contributed by atoms with Gasteiger partial charge >= 0.3 is 0 Å². The summed E-state index contributed by atoms with van der Waals surface area (Å²) < 4.78 is 0. The van der Waals surface area contributed by atoms with Crippen LogP contribution in [0.4, 0.5) is 0 Å². The van der Waals surface area contributed by atoms with E-state index in [0.29, 0.717) is 5.56 Å². The van der Waals surface area contributed by atoms with Crippen molar-refractivity contribution in [2.75, 3.05) is 5.33 Å². The Bertz CT molecular complexity index is 416. The van der Waals surface area contributed by atoms with E-state index in [1.165, 1.54) is 0 Å². The van der Waals surface area contributed by atoms with Crippen molar-refractivity contribution >= 4 is 21.8 Å². The lowest BCUT2D eigenvalue weighted by molar-refractivity contribution is 0.0909. The third kappa shape index (κ3) is 4.04. The molecule has 17 heavy (non-hydrogen) atoms. The normalized spacial score (nSPS) is 11.3. The van der Waals surface area contributed by atoms with Crippen molar-refractivity contribution < 1.29 is 9.90 Å². The summed E-state index contributed by atoms with van der Waals surface area (Å²) in [5.74, 6) is -0.222. The quantitative estimate of drug-likeness (QED) is 0.840. The molecule has 3 nitrogen and oxygen atoms in total. The summed E-state index contributed by atoms with van der Waals surface area (Å²) in [5, 5.41) is 13.4. The SMILES string of the molecule is Cc1ccc(O)c(C(=O)NC(C)(C)CCBr)c1. The van der Waals surface area contributed by atoms with E-state index in [-0.39, 0.29) is 17.2 Å². The van der Waals surface area contributed by atoms with Crippen molar-refractivity contribution in [3.05, 3.63) is 29.3 Å². The number of carbonyl (C=O) groups is 1. The predicted molar refractivity (Wildman–Crippen MR) is 72.8 cm³/mol. The molecule has 2 N–H and O–H groups in total. The molecule has 1 amide bonds. The Morgan fingerprint density at radius 3 is 2.71 bits per heavy atom. The van der Waals surface area contributed by atoms with Gasteiger partial charge < -0.3 is 10.4 Å². The van der Waals surface area contributed by atoms with Crippen LogP contribution in [0.25, 0.3) is 0 Å². The highest BCUT2D eigenvalue weighted by Gasteiger charge is 2.21. The molecule has 1 aromatic carbocycles. The third-order valence-corrected chi connectivity index (χ3v) is 2.96. The smallest absolute Gasteiger partial charge is 0.255 e. The van der Waals surface area contributed by atoms with Gasteiger partial charge in [-0.3, -0.25) is 4.79 Å². The molecule has 0 spiro atoms. The van der Waals surface area contributed by atoms with Crippen molar-refractivity contribution in [1.82, 2.24) is 5.32 Å². The summed E-state index contributed by atoms with van der Waals surface area (Å²) in [4.78, 5) is 12.0. The Hall–Kier alpha value is -1.03. The minimum atomic E-state index is -0.295. The van der Waals surface area contributed by atoms with E-state index in [2.05, 4.69) is 21.2 Å². The maximum atomic E-state index is 12.0. The lowest BCUT2D eigenvalue weighted by atomic mass is 10.0. The number of aryl methyl sites for hydroxylation is 1. The van der Waals surface area contributed by atoms with E-state index in [4.69, 9.17) is 0 Å². The largest absolute Gasteiger partial charge is 0.507 e. The molecule has 0 aromatic heterocycles. The highest BCUT2D eigenvalue weighted by Crippen LogP contribution is 2.19. The zero-order chi connectivity index (χ0) is 13.1. The van der Waals surface area contributed by atoms with Crippen molar-refractivity contribution in [1.29, 1.82) is 0 Å². The maximum absolute atomic E-state index is 12.0. The van der Waals surface area contributed by atoms with Crippen molar-refractivity contribution in [2.24, 2.45) is 0 Å². The topological polar surface area (TPSA) is 49.3 Å². The Morgan fingerprint density at radius 1 is 1.47 bits per heavy atom. The molecule has 0 saturated heterocycles. The lowest BCUT2D eigenvalue weighted by Gasteiger charge is -2.25. The molecule has 0 aliphatic heterocycles. The van der Waals surface area contributed by atoms with E-state index < -0.39 is 0 Å². The number of phenolic OH excluding ortho intramolecular Hbond substituents is 1. The number of aromatic hydroxyl groups is 1. The second-order valence-corrected chi connectivity index (χ2v) is 5.59. The van der Waals surface area contributed by atoms with Crippen LogP contribution in [-0.4, -0.2) is 21.9 Å². The number of phenols is 1. The molecule has 94 valence electrons. The summed E-state index contributed by atoms with van der Waals surface area (Å²) in [6.45, 7) is 5.80. The van der Waals surface area contributed by atoms with E-state index in [0.717, 1.165) is 17.3 Å². The fourth-order valence-corrected chi connectivity index (χ4v) is 2.50. The van der Waals surface area contributed by atoms with Crippen molar-refractivity contribution in [3.63, 3.8) is 0 Å². The van der Waals surface area contributed by atoms with Gasteiger partial charge in [-0.1, -0.05) is 27.6 Å². The number of carbonyl (C=O) groups excluding carboxylic acids is 1. The zero-order valence-corrected chi connectivity index (χ0v) is 12.0. The Morgan fingerprint density at radius 2 is 2.12 bits per heavy atom. The molecule has 0 atom stereocenters. The second-order valence-electron chi connectivity index (χ2n) is 4.80. The van der Waals surface area contributed by atoms with Gasteiger partial charge in [-0.2, -0.15) is 0 Å². The summed E-state index contributed by atoms with van der Waals surface area (Å²) in [6.07, 6.45) is 0.825. The van der Waals surface area contributed by atoms with E-state index in [9.17, 15) is 9.90 Å². The number of hydrogen-bond acceptors (Lipinski definition) is 2. The van der Waals surface area contributed by atoms with Gasteiger partial charge in [0.25, 0.3) is 5.91 Å². The molecule has 0 unspecified atom stereocenters.